The van der Waals surface area contributed by atoms with Gasteiger partial charge in [-0.25, -0.2) is 0 Å². The molecule has 0 unspecified atom stereocenters. The maximum Gasteiger partial charge on any atom is 0.282 e. The number of aliphatic hydroxyl groups excluding tert-OH is 1. The van der Waals surface area contributed by atoms with E-state index in [0.717, 1.165) is 5.56 Å². The molecular weight excluding hydrogens is 292 g/mol. The van der Waals surface area contributed by atoms with Gasteiger partial charge in [0.2, 0.25) is 0 Å². The van der Waals surface area contributed by atoms with E-state index in [1.165, 1.54) is 21.3 Å². The van der Waals surface area contributed by atoms with Crippen LogP contribution in [0.4, 0.5) is 0 Å². The predicted molar refractivity (Wildman–Crippen MR) is 80.0 cm³/mol. The van der Waals surface area contributed by atoms with Gasteiger partial charge < -0.3 is 9.84 Å². The van der Waals surface area contributed by atoms with E-state index in [0.29, 0.717) is 26.1 Å². The molecule has 0 aromatic heterocycles. The van der Waals surface area contributed by atoms with E-state index >= 15 is 0 Å². The number of ether oxygens (including phenoxy) is 1. The zero-order valence-corrected chi connectivity index (χ0v) is 13.1. The SMILES string of the molecule is COCCN(CCO)S(=O)(=O)N1CCc2ccccc2C1. The Hall–Kier alpha value is -0.990. The minimum atomic E-state index is -3.57. The topological polar surface area (TPSA) is 70.1 Å². The normalized spacial score (nSPS) is 16.1. The third-order valence-corrected chi connectivity index (χ3v) is 5.62. The van der Waals surface area contributed by atoms with Gasteiger partial charge >= 0.3 is 0 Å². The van der Waals surface area contributed by atoms with Gasteiger partial charge in [0.15, 0.2) is 0 Å². The van der Waals surface area contributed by atoms with Gasteiger partial charge in [-0.05, 0) is 17.5 Å². The number of hydrogen-bond acceptors (Lipinski definition) is 4. The summed E-state index contributed by atoms with van der Waals surface area (Å²) in [4.78, 5) is 0. The van der Waals surface area contributed by atoms with Gasteiger partial charge in [-0.3, -0.25) is 0 Å². The summed E-state index contributed by atoms with van der Waals surface area (Å²) < 4.78 is 33.1. The van der Waals surface area contributed by atoms with Crippen LogP contribution in [0.3, 0.4) is 0 Å². The summed E-state index contributed by atoms with van der Waals surface area (Å²) in [6.45, 7) is 1.29. The standard InChI is InChI=1S/C14H22N2O4S/c1-20-11-9-15(8-10-17)21(18,19)16-7-6-13-4-2-3-5-14(13)12-16/h2-5,17H,6-12H2,1H3. The minimum absolute atomic E-state index is 0.0871. The van der Waals surface area contributed by atoms with Crippen LogP contribution < -0.4 is 0 Å². The molecule has 7 heteroatoms. The molecule has 0 saturated carbocycles. The van der Waals surface area contributed by atoms with Gasteiger partial charge in [0.05, 0.1) is 13.2 Å². The van der Waals surface area contributed by atoms with E-state index in [1.54, 1.807) is 0 Å². The van der Waals surface area contributed by atoms with Crippen LogP contribution in [0.25, 0.3) is 0 Å². The van der Waals surface area contributed by atoms with E-state index in [9.17, 15) is 8.42 Å². The second-order valence-electron chi connectivity index (χ2n) is 4.98. The van der Waals surface area contributed by atoms with Gasteiger partial charge in [0.25, 0.3) is 10.2 Å². The zero-order chi connectivity index (χ0) is 15.3. The zero-order valence-electron chi connectivity index (χ0n) is 12.2. The Labute approximate surface area is 126 Å². The maximum atomic E-state index is 12.7. The van der Waals surface area contributed by atoms with Gasteiger partial charge in [-0.15, -0.1) is 0 Å². The first kappa shape index (κ1) is 16.4. The highest BCUT2D eigenvalue weighted by atomic mass is 32.2. The van der Waals surface area contributed by atoms with Gasteiger partial charge in [0.1, 0.15) is 0 Å². The number of methoxy groups -OCH3 is 1. The highest BCUT2D eigenvalue weighted by molar-refractivity contribution is 7.86. The summed E-state index contributed by atoms with van der Waals surface area (Å²) in [5, 5.41) is 9.09. The maximum absolute atomic E-state index is 12.7. The predicted octanol–water partition coefficient (Wildman–Crippen LogP) is 0.230. The molecule has 1 aliphatic heterocycles. The van der Waals surface area contributed by atoms with Crippen molar-refractivity contribution in [2.45, 2.75) is 13.0 Å². The van der Waals surface area contributed by atoms with Crippen molar-refractivity contribution in [2.24, 2.45) is 0 Å². The molecule has 1 N–H and O–H groups in total. The van der Waals surface area contributed by atoms with Crippen molar-refractivity contribution in [3.8, 4) is 0 Å². The Kier molecular flexibility index (Phi) is 5.72. The van der Waals surface area contributed by atoms with E-state index in [4.69, 9.17) is 9.84 Å². The lowest BCUT2D eigenvalue weighted by Crippen LogP contribution is -2.47. The number of aliphatic hydroxyl groups is 1. The second-order valence-corrected chi connectivity index (χ2v) is 6.90. The van der Waals surface area contributed by atoms with E-state index in [1.807, 2.05) is 24.3 Å². The van der Waals surface area contributed by atoms with Crippen LogP contribution in [0.5, 0.6) is 0 Å². The molecule has 6 nitrogen and oxygen atoms in total. The molecule has 0 aliphatic carbocycles. The van der Waals surface area contributed by atoms with Crippen LogP contribution in [0.2, 0.25) is 0 Å². The van der Waals surface area contributed by atoms with Crippen LogP contribution in [0, 0.1) is 0 Å². The summed E-state index contributed by atoms with van der Waals surface area (Å²) in [7, 11) is -2.05. The summed E-state index contributed by atoms with van der Waals surface area (Å²) in [6, 6.07) is 7.89. The quantitative estimate of drug-likeness (QED) is 0.782. The van der Waals surface area contributed by atoms with Crippen molar-refractivity contribution >= 4 is 10.2 Å². The number of hydrogen-bond donors (Lipinski definition) is 1. The van der Waals surface area contributed by atoms with Gasteiger partial charge in [-0.2, -0.15) is 17.0 Å². The Bertz CT molecular complexity index is 562. The fourth-order valence-corrected chi connectivity index (χ4v) is 4.05. The van der Waals surface area contributed by atoms with Crippen LogP contribution >= 0.6 is 0 Å². The highest BCUT2D eigenvalue weighted by Crippen LogP contribution is 2.22. The van der Waals surface area contributed by atoms with Crippen molar-refractivity contribution in [3.63, 3.8) is 0 Å². The lowest BCUT2D eigenvalue weighted by Gasteiger charge is -2.32. The fraction of sp³-hybridized carbons (Fsp3) is 0.571. The monoisotopic (exact) mass is 314 g/mol. The lowest BCUT2D eigenvalue weighted by atomic mass is 10.0. The minimum Gasteiger partial charge on any atom is -0.395 e. The van der Waals surface area contributed by atoms with E-state index < -0.39 is 10.2 Å². The molecule has 21 heavy (non-hydrogen) atoms. The molecule has 1 aromatic rings. The van der Waals surface area contributed by atoms with E-state index in [-0.39, 0.29) is 19.7 Å². The van der Waals surface area contributed by atoms with Crippen molar-refractivity contribution < 1.29 is 18.3 Å². The molecule has 0 spiro atoms. The first-order valence-corrected chi connectivity index (χ1v) is 8.41. The van der Waals surface area contributed by atoms with Crippen molar-refractivity contribution in [1.82, 2.24) is 8.61 Å². The molecule has 0 radical (unpaired) electrons. The second kappa shape index (κ2) is 7.33. The summed E-state index contributed by atoms with van der Waals surface area (Å²) in [5.41, 5.74) is 2.25. The first-order valence-electron chi connectivity index (χ1n) is 7.01. The third-order valence-electron chi connectivity index (χ3n) is 3.64. The molecule has 1 aliphatic rings. The highest BCUT2D eigenvalue weighted by Gasteiger charge is 2.31. The third kappa shape index (κ3) is 3.81. The number of rotatable bonds is 7. The first-order chi connectivity index (χ1) is 10.1. The summed E-state index contributed by atoms with van der Waals surface area (Å²) >= 11 is 0. The Balaban J connectivity index is 2.15. The van der Waals surface area contributed by atoms with Crippen LogP contribution in [0.1, 0.15) is 11.1 Å². The molecule has 0 saturated heterocycles. The van der Waals surface area contributed by atoms with Crippen molar-refractivity contribution in [1.29, 1.82) is 0 Å². The summed E-state index contributed by atoms with van der Waals surface area (Å²) in [6.07, 6.45) is 0.715. The molecule has 118 valence electrons. The van der Waals surface area contributed by atoms with E-state index in [2.05, 4.69) is 0 Å². The van der Waals surface area contributed by atoms with Gasteiger partial charge in [0, 0.05) is 33.3 Å². The van der Waals surface area contributed by atoms with Crippen molar-refractivity contribution in [3.05, 3.63) is 35.4 Å². The molecule has 2 rings (SSSR count). The average Bonchev–Trinajstić information content (AvgIpc) is 2.50. The van der Waals surface area contributed by atoms with Crippen LogP contribution in [-0.2, 0) is 27.9 Å². The molecule has 1 heterocycles. The summed E-state index contributed by atoms with van der Waals surface area (Å²) in [5.74, 6) is 0. The number of fused-ring (bicyclic) bond motifs is 1. The molecular formula is C14H22N2O4S. The largest absolute Gasteiger partial charge is 0.395 e. The lowest BCUT2D eigenvalue weighted by molar-refractivity contribution is 0.164. The Morgan fingerprint density at radius 3 is 2.67 bits per heavy atom. The average molecular weight is 314 g/mol. The number of nitrogens with zero attached hydrogens (tertiary/aromatic N) is 2. The Morgan fingerprint density at radius 2 is 2.00 bits per heavy atom. The van der Waals surface area contributed by atoms with Crippen LogP contribution in [-0.4, -0.2) is 62.1 Å². The molecule has 0 amide bonds. The number of benzene rings is 1. The Morgan fingerprint density at radius 1 is 1.29 bits per heavy atom. The molecule has 0 atom stereocenters. The molecule has 1 aromatic carbocycles. The molecule has 0 fully saturated rings. The van der Waals surface area contributed by atoms with Gasteiger partial charge in [-0.1, -0.05) is 24.3 Å². The van der Waals surface area contributed by atoms with Crippen molar-refractivity contribution in [2.75, 3.05) is 40.0 Å². The smallest absolute Gasteiger partial charge is 0.282 e. The van der Waals surface area contributed by atoms with Crippen LogP contribution in [0.15, 0.2) is 24.3 Å². The molecule has 0 bridgehead atoms. The fourth-order valence-electron chi connectivity index (χ4n) is 2.48.